The summed E-state index contributed by atoms with van der Waals surface area (Å²) in [6.07, 6.45) is 0.858. The molecular formula is C19H28O5. The van der Waals surface area contributed by atoms with E-state index in [1.54, 1.807) is 13.8 Å². The summed E-state index contributed by atoms with van der Waals surface area (Å²) in [5.41, 5.74) is -0.677. The summed E-state index contributed by atoms with van der Waals surface area (Å²) < 4.78 is 11.0. The number of hydrogen-bond donors (Lipinski definition) is 1. The third-order valence-electron chi connectivity index (χ3n) is 6.79. The van der Waals surface area contributed by atoms with E-state index in [1.807, 2.05) is 0 Å². The van der Waals surface area contributed by atoms with Crippen molar-refractivity contribution in [2.75, 3.05) is 6.61 Å². The summed E-state index contributed by atoms with van der Waals surface area (Å²) in [5.74, 6) is -0.790. The van der Waals surface area contributed by atoms with Crippen molar-refractivity contribution in [3.05, 3.63) is 12.2 Å². The van der Waals surface area contributed by atoms with Crippen molar-refractivity contribution in [2.24, 2.45) is 28.6 Å². The van der Waals surface area contributed by atoms with Crippen LogP contribution in [-0.4, -0.2) is 35.9 Å². The number of aliphatic hydroxyl groups is 1. The highest BCUT2D eigenvalue weighted by atomic mass is 16.6. The fraction of sp³-hybridized carbons (Fsp3) is 0.789. The standard InChI is InChI=1S/C19H28O5/c1-10(2)16(21)24-13-7-6-11(3)18(5)9-19(15(20)14(13)18)12(4)8-23-17(19)22/h10-11,13-15,20H,4,6-9H2,1-3,5H3/t11-,13-,14+,15+,18+,19+/m0/s1. The summed E-state index contributed by atoms with van der Waals surface area (Å²) in [6, 6.07) is 0. The lowest BCUT2D eigenvalue weighted by atomic mass is 9.61. The van der Waals surface area contributed by atoms with Crippen LogP contribution in [-0.2, 0) is 19.1 Å². The highest BCUT2D eigenvalue weighted by molar-refractivity contribution is 5.85. The van der Waals surface area contributed by atoms with Gasteiger partial charge in [0, 0.05) is 5.92 Å². The molecule has 0 aromatic heterocycles. The van der Waals surface area contributed by atoms with Gasteiger partial charge in [-0.05, 0) is 36.2 Å². The maximum atomic E-state index is 12.5. The molecule has 1 spiro atoms. The molecule has 0 radical (unpaired) electrons. The quantitative estimate of drug-likeness (QED) is 0.619. The van der Waals surface area contributed by atoms with Gasteiger partial charge in [-0.25, -0.2) is 0 Å². The molecule has 3 rings (SSSR count). The first-order chi connectivity index (χ1) is 11.1. The van der Waals surface area contributed by atoms with Gasteiger partial charge < -0.3 is 14.6 Å². The Kier molecular flexibility index (Phi) is 4.06. The zero-order chi connectivity index (χ0) is 17.9. The van der Waals surface area contributed by atoms with Crippen molar-refractivity contribution in [3.8, 4) is 0 Å². The summed E-state index contributed by atoms with van der Waals surface area (Å²) >= 11 is 0. The summed E-state index contributed by atoms with van der Waals surface area (Å²) in [6.45, 7) is 12.0. The number of esters is 2. The van der Waals surface area contributed by atoms with E-state index in [-0.39, 0.29) is 41.9 Å². The zero-order valence-corrected chi connectivity index (χ0v) is 15.0. The van der Waals surface area contributed by atoms with Gasteiger partial charge in [0.1, 0.15) is 18.1 Å². The highest BCUT2D eigenvalue weighted by Crippen LogP contribution is 2.65. The molecule has 5 heteroatoms. The van der Waals surface area contributed by atoms with Gasteiger partial charge in [0.25, 0.3) is 0 Å². The lowest BCUT2D eigenvalue weighted by molar-refractivity contribution is -0.168. The van der Waals surface area contributed by atoms with Crippen LogP contribution in [0, 0.1) is 28.6 Å². The molecule has 134 valence electrons. The van der Waals surface area contributed by atoms with E-state index in [2.05, 4.69) is 20.4 Å². The molecule has 1 N–H and O–H groups in total. The second-order valence-electron chi connectivity index (χ2n) is 8.41. The number of cyclic esters (lactones) is 1. The lowest BCUT2D eigenvalue weighted by Gasteiger charge is -2.46. The Bertz CT molecular complexity index is 564. The Morgan fingerprint density at radius 2 is 2.08 bits per heavy atom. The molecule has 24 heavy (non-hydrogen) atoms. The van der Waals surface area contributed by atoms with E-state index in [0.717, 1.165) is 6.42 Å². The molecule has 0 bridgehead atoms. The SMILES string of the molecule is C=C1COC(=O)[C@]12C[C@@]1(C)[C@H]([C@@H](OC(=O)C(C)C)CC[C@@H]1C)[C@H]2O. The fourth-order valence-electron chi connectivity index (χ4n) is 5.04. The van der Waals surface area contributed by atoms with Gasteiger partial charge in [0.05, 0.1) is 12.0 Å². The summed E-state index contributed by atoms with van der Waals surface area (Å²) in [7, 11) is 0. The summed E-state index contributed by atoms with van der Waals surface area (Å²) in [4.78, 5) is 24.6. The van der Waals surface area contributed by atoms with Crippen molar-refractivity contribution >= 4 is 11.9 Å². The minimum atomic E-state index is -1.04. The molecule has 2 aliphatic carbocycles. The predicted octanol–water partition coefficient (Wildman–Crippen LogP) is 2.47. The van der Waals surface area contributed by atoms with E-state index < -0.39 is 11.5 Å². The Labute approximate surface area is 143 Å². The molecule has 0 unspecified atom stereocenters. The smallest absolute Gasteiger partial charge is 0.319 e. The van der Waals surface area contributed by atoms with Crippen LogP contribution in [0.3, 0.4) is 0 Å². The Morgan fingerprint density at radius 1 is 1.42 bits per heavy atom. The second kappa shape index (κ2) is 5.58. The molecule has 0 aromatic carbocycles. The zero-order valence-electron chi connectivity index (χ0n) is 15.0. The Hall–Kier alpha value is -1.36. The normalized spacial score (nSPS) is 44.8. The monoisotopic (exact) mass is 336 g/mol. The molecule has 2 saturated carbocycles. The number of aliphatic hydroxyl groups excluding tert-OH is 1. The van der Waals surface area contributed by atoms with E-state index >= 15 is 0 Å². The average Bonchev–Trinajstić information content (AvgIpc) is 2.93. The maximum absolute atomic E-state index is 12.5. The molecule has 5 nitrogen and oxygen atoms in total. The number of hydrogen-bond acceptors (Lipinski definition) is 5. The molecule has 1 saturated heterocycles. The number of carbonyl (C=O) groups is 2. The van der Waals surface area contributed by atoms with Crippen molar-refractivity contribution in [3.63, 3.8) is 0 Å². The molecular weight excluding hydrogens is 308 g/mol. The first-order valence-corrected chi connectivity index (χ1v) is 8.88. The molecule has 3 aliphatic rings. The molecule has 3 fully saturated rings. The molecule has 0 aromatic rings. The van der Waals surface area contributed by atoms with Crippen molar-refractivity contribution in [1.29, 1.82) is 0 Å². The van der Waals surface area contributed by atoms with Crippen LogP contribution in [0.4, 0.5) is 0 Å². The van der Waals surface area contributed by atoms with Crippen LogP contribution in [0.5, 0.6) is 0 Å². The van der Waals surface area contributed by atoms with Crippen molar-refractivity contribution in [1.82, 2.24) is 0 Å². The van der Waals surface area contributed by atoms with Crippen molar-refractivity contribution in [2.45, 2.75) is 59.2 Å². The number of fused-ring (bicyclic) bond motifs is 1. The maximum Gasteiger partial charge on any atom is 0.319 e. The van der Waals surface area contributed by atoms with Gasteiger partial charge in [-0.3, -0.25) is 9.59 Å². The molecule has 6 atom stereocenters. The van der Waals surface area contributed by atoms with Gasteiger partial charge in [0.15, 0.2) is 0 Å². The predicted molar refractivity (Wildman–Crippen MR) is 87.9 cm³/mol. The number of rotatable bonds is 2. The topological polar surface area (TPSA) is 72.8 Å². The highest BCUT2D eigenvalue weighted by Gasteiger charge is 2.70. The summed E-state index contributed by atoms with van der Waals surface area (Å²) in [5, 5.41) is 11.2. The third-order valence-corrected chi connectivity index (χ3v) is 6.79. The van der Waals surface area contributed by atoms with E-state index in [9.17, 15) is 14.7 Å². The fourth-order valence-corrected chi connectivity index (χ4v) is 5.04. The van der Waals surface area contributed by atoms with Gasteiger partial charge in [0.2, 0.25) is 0 Å². The van der Waals surface area contributed by atoms with Gasteiger partial charge >= 0.3 is 11.9 Å². The second-order valence-corrected chi connectivity index (χ2v) is 8.41. The van der Waals surface area contributed by atoms with Crippen LogP contribution >= 0.6 is 0 Å². The van der Waals surface area contributed by atoms with E-state index in [4.69, 9.17) is 9.47 Å². The van der Waals surface area contributed by atoms with Gasteiger partial charge in [-0.15, -0.1) is 0 Å². The lowest BCUT2D eigenvalue weighted by Crippen LogP contribution is -2.49. The van der Waals surface area contributed by atoms with Crippen LogP contribution in [0.25, 0.3) is 0 Å². The van der Waals surface area contributed by atoms with E-state index in [1.165, 1.54) is 0 Å². The van der Waals surface area contributed by atoms with Crippen LogP contribution in [0.1, 0.15) is 47.0 Å². The Morgan fingerprint density at radius 3 is 2.62 bits per heavy atom. The molecule has 1 heterocycles. The first-order valence-electron chi connectivity index (χ1n) is 8.88. The molecule has 1 aliphatic heterocycles. The Balaban J connectivity index is 1.98. The number of carbonyl (C=O) groups excluding carboxylic acids is 2. The number of ether oxygens (including phenoxy) is 2. The van der Waals surface area contributed by atoms with Crippen LogP contribution < -0.4 is 0 Å². The van der Waals surface area contributed by atoms with Crippen LogP contribution in [0.2, 0.25) is 0 Å². The van der Waals surface area contributed by atoms with Crippen LogP contribution in [0.15, 0.2) is 12.2 Å². The largest absolute Gasteiger partial charge is 0.462 e. The van der Waals surface area contributed by atoms with Gasteiger partial charge in [-0.1, -0.05) is 34.3 Å². The third kappa shape index (κ3) is 2.17. The molecule has 0 amide bonds. The van der Waals surface area contributed by atoms with Crippen molar-refractivity contribution < 1.29 is 24.2 Å². The minimum absolute atomic E-state index is 0.170. The first kappa shape index (κ1) is 17.5. The minimum Gasteiger partial charge on any atom is -0.462 e. The van der Waals surface area contributed by atoms with Gasteiger partial charge in [-0.2, -0.15) is 0 Å². The average molecular weight is 336 g/mol. The van der Waals surface area contributed by atoms with E-state index in [0.29, 0.717) is 24.3 Å².